The summed E-state index contributed by atoms with van der Waals surface area (Å²) in [6, 6.07) is 4.90. The topological polar surface area (TPSA) is 64.0 Å². The Hall–Kier alpha value is -1.53. The first kappa shape index (κ1) is 15.9. The molecule has 1 aromatic carbocycles. The summed E-state index contributed by atoms with van der Waals surface area (Å²) < 4.78 is 25.5. The predicted octanol–water partition coefficient (Wildman–Crippen LogP) is 2.71. The summed E-state index contributed by atoms with van der Waals surface area (Å²) in [4.78, 5) is 0.252. The van der Waals surface area contributed by atoms with Crippen molar-refractivity contribution in [1.82, 2.24) is 9.78 Å². The van der Waals surface area contributed by atoms with Crippen molar-refractivity contribution < 1.29 is 8.42 Å². The van der Waals surface area contributed by atoms with Crippen molar-refractivity contribution in [2.45, 2.75) is 25.3 Å². The molecular formula is C14H18ClN3O2S. The molecule has 0 radical (unpaired) electrons. The van der Waals surface area contributed by atoms with Gasteiger partial charge in [-0.25, -0.2) is 8.42 Å². The Morgan fingerprint density at radius 3 is 2.52 bits per heavy atom. The van der Waals surface area contributed by atoms with Crippen LogP contribution in [-0.4, -0.2) is 24.5 Å². The van der Waals surface area contributed by atoms with E-state index < -0.39 is 9.84 Å². The summed E-state index contributed by atoms with van der Waals surface area (Å²) in [6.45, 7) is 4.18. The van der Waals surface area contributed by atoms with Crippen LogP contribution >= 0.6 is 11.6 Å². The fourth-order valence-electron chi connectivity index (χ4n) is 2.26. The number of aryl methyl sites for hydroxylation is 2. The number of aromatic nitrogens is 2. The molecule has 0 saturated heterocycles. The van der Waals surface area contributed by atoms with Crippen molar-refractivity contribution in [2.24, 2.45) is 7.05 Å². The Kier molecular flexibility index (Phi) is 4.30. The van der Waals surface area contributed by atoms with Crippen LogP contribution in [0, 0.1) is 13.8 Å². The molecule has 7 heteroatoms. The minimum absolute atomic E-state index is 0.252. The van der Waals surface area contributed by atoms with E-state index in [0.717, 1.165) is 17.1 Å². The Balaban J connectivity index is 2.37. The molecule has 1 N–H and O–H groups in total. The van der Waals surface area contributed by atoms with E-state index in [1.54, 1.807) is 22.9 Å². The Morgan fingerprint density at radius 1 is 1.33 bits per heavy atom. The van der Waals surface area contributed by atoms with Gasteiger partial charge in [-0.1, -0.05) is 17.7 Å². The van der Waals surface area contributed by atoms with Gasteiger partial charge in [0.25, 0.3) is 0 Å². The minimum atomic E-state index is -3.32. The molecule has 1 aromatic heterocycles. The van der Waals surface area contributed by atoms with Gasteiger partial charge in [0.05, 0.1) is 22.0 Å². The SMILES string of the molecule is Cc1nn(C)c(C)c1NCc1c(Cl)cccc1S(C)(=O)=O. The highest BCUT2D eigenvalue weighted by molar-refractivity contribution is 7.90. The molecule has 0 aliphatic heterocycles. The lowest BCUT2D eigenvalue weighted by atomic mass is 10.2. The van der Waals surface area contributed by atoms with Crippen LogP contribution in [0.15, 0.2) is 23.1 Å². The van der Waals surface area contributed by atoms with Gasteiger partial charge in [0.15, 0.2) is 9.84 Å². The van der Waals surface area contributed by atoms with E-state index in [9.17, 15) is 8.42 Å². The van der Waals surface area contributed by atoms with E-state index >= 15 is 0 Å². The fraction of sp³-hybridized carbons (Fsp3) is 0.357. The normalized spacial score (nSPS) is 11.7. The van der Waals surface area contributed by atoms with E-state index in [-0.39, 0.29) is 4.90 Å². The van der Waals surface area contributed by atoms with Crippen molar-refractivity contribution in [1.29, 1.82) is 0 Å². The van der Waals surface area contributed by atoms with E-state index in [1.807, 2.05) is 20.9 Å². The third-order valence-corrected chi connectivity index (χ3v) is 4.96. The minimum Gasteiger partial charge on any atom is -0.378 e. The molecule has 0 atom stereocenters. The highest BCUT2D eigenvalue weighted by Crippen LogP contribution is 2.26. The number of benzene rings is 1. The summed E-state index contributed by atoms with van der Waals surface area (Å²) in [5, 5.41) is 7.99. The number of anilines is 1. The molecule has 2 rings (SSSR count). The maximum Gasteiger partial charge on any atom is 0.175 e. The Bertz CT molecular complexity index is 782. The number of halogens is 1. The largest absolute Gasteiger partial charge is 0.378 e. The maximum absolute atomic E-state index is 11.9. The number of hydrogen-bond acceptors (Lipinski definition) is 4. The summed E-state index contributed by atoms with van der Waals surface area (Å²) in [5.41, 5.74) is 3.32. The average molecular weight is 328 g/mol. The van der Waals surface area contributed by atoms with Crippen LogP contribution in [0.5, 0.6) is 0 Å². The first-order valence-corrected chi connectivity index (χ1v) is 8.70. The number of hydrogen-bond donors (Lipinski definition) is 1. The quantitative estimate of drug-likeness (QED) is 0.937. The van der Waals surface area contributed by atoms with E-state index in [2.05, 4.69) is 10.4 Å². The van der Waals surface area contributed by atoms with Crippen LogP contribution in [0.25, 0.3) is 0 Å². The standard InChI is InChI=1S/C14H18ClN3O2S/c1-9-14(10(2)18(3)17-9)16-8-11-12(15)6-5-7-13(11)21(4,19)20/h5-7,16H,8H2,1-4H3. The highest BCUT2D eigenvalue weighted by atomic mass is 35.5. The third kappa shape index (κ3) is 3.22. The zero-order valence-electron chi connectivity index (χ0n) is 12.4. The third-order valence-electron chi connectivity index (χ3n) is 3.43. The van der Waals surface area contributed by atoms with Gasteiger partial charge in [-0.05, 0) is 26.0 Å². The summed E-state index contributed by atoms with van der Waals surface area (Å²) in [7, 11) is -1.45. The van der Waals surface area contributed by atoms with Crippen LogP contribution in [0.3, 0.4) is 0 Å². The highest BCUT2D eigenvalue weighted by Gasteiger charge is 2.17. The average Bonchev–Trinajstić information content (AvgIpc) is 2.61. The second-order valence-electron chi connectivity index (χ2n) is 5.01. The predicted molar refractivity (Wildman–Crippen MR) is 84.6 cm³/mol. The number of rotatable bonds is 4. The fourth-order valence-corrected chi connectivity index (χ4v) is 3.52. The lowest BCUT2D eigenvalue weighted by Gasteiger charge is -2.12. The van der Waals surface area contributed by atoms with E-state index in [0.29, 0.717) is 17.1 Å². The first-order chi connectivity index (χ1) is 9.71. The molecule has 1 heterocycles. The van der Waals surface area contributed by atoms with Gasteiger partial charge in [-0.15, -0.1) is 0 Å². The Morgan fingerprint density at radius 2 is 2.00 bits per heavy atom. The molecule has 2 aromatic rings. The van der Waals surface area contributed by atoms with Crippen molar-refractivity contribution in [3.05, 3.63) is 40.2 Å². The molecule has 0 bridgehead atoms. The van der Waals surface area contributed by atoms with Gasteiger partial charge >= 0.3 is 0 Å². The van der Waals surface area contributed by atoms with Crippen LogP contribution in [-0.2, 0) is 23.4 Å². The molecule has 0 fully saturated rings. The number of nitrogens with one attached hydrogen (secondary N) is 1. The van der Waals surface area contributed by atoms with Gasteiger partial charge in [0.1, 0.15) is 0 Å². The maximum atomic E-state index is 11.9. The van der Waals surface area contributed by atoms with Gasteiger partial charge < -0.3 is 5.32 Å². The zero-order chi connectivity index (χ0) is 15.8. The van der Waals surface area contributed by atoms with Crippen molar-refractivity contribution >= 4 is 27.1 Å². The molecule has 114 valence electrons. The summed E-state index contributed by atoms with van der Waals surface area (Å²) >= 11 is 6.16. The monoisotopic (exact) mass is 327 g/mol. The van der Waals surface area contributed by atoms with Gasteiger partial charge in [-0.2, -0.15) is 5.10 Å². The molecular weight excluding hydrogens is 310 g/mol. The smallest absolute Gasteiger partial charge is 0.175 e. The summed E-state index contributed by atoms with van der Waals surface area (Å²) in [6.07, 6.45) is 1.18. The van der Waals surface area contributed by atoms with Crippen molar-refractivity contribution in [2.75, 3.05) is 11.6 Å². The van der Waals surface area contributed by atoms with Crippen molar-refractivity contribution in [3.63, 3.8) is 0 Å². The van der Waals surface area contributed by atoms with Crippen LogP contribution in [0.4, 0.5) is 5.69 Å². The molecule has 0 aliphatic carbocycles. The molecule has 0 spiro atoms. The van der Waals surface area contributed by atoms with Crippen LogP contribution < -0.4 is 5.32 Å². The van der Waals surface area contributed by atoms with Gasteiger partial charge in [-0.3, -0.25) is 4.68 Å². The molecule has 0 saturated carbocycles. The Labute approximate surface area is 129 Å². The van der Waals surface area contributed by atoms with Crippen molar-refractivity contribution in [3.8, 4) is 0 Å². The zero-order valence-corrected chi connectivity index (χ0v) is 14.0. The van der Waals surface area contributed by atoms with Crippen LogP contribution in [0.1, 0.15) is 17.0 Å². The number of sulfone groups is 1. The second-order valence-corrected chi connectivity index (χ2v) is 7.40. The van der Waals surface area contributed by atoms with E-state index in [4.69, 9.17) is 11.6 Å². The van der Waals surface area contributed by atoms with Crippen LogP contribution in [0.2, 0.25) is 5.02 Å². The van der Waals surface area contributed by atoms with Gasteiger partial charge in [0, 0.05) is 30.4 Å². The lowest BCUT2D eigenvalue weighted by Crippen LogP contribution is -2.08. The lowest BCUT2D eigenvalue weighted by molar-refractivity contribution is 0.601. The van der Waals surface area contributed by atoms with Gasteiger partial charge in [0.2, 0.25) is 0 Å². The summed E-state index contributed by atoms with van der Waals surface area (Å²) in [5.74, 6) is 0. The molecule has 21 heavy (non-hydrogen) atoms. The molecule has 5 nitrogen and oxygen atoms in total. The first-order valence-electron chi connectivity index (χ1n) is 6.43. The molecule has 0 amide bonds. The molecule has 0 aliphatic rings. The number of nitrogens with zero attached hydrogens (tertiary/aromatic N) is 2. The second kappa shape index (κ2) is 5.69. The molecule has 0 unspecified atom stereocenters. The van der Waals surface area contributed by atoms with E-state index in [1.165, 1.54) is 6.26 Å².